The van der Waals surface area contributed by atoms with E-state index in [4.69, 9.17) is 4.52 Å². The molecule has 0 spiro atoms. The van der Waals surface area contributed by atoms with E-state index < -0.39 is 25.7 Å². The minimum absolute atomic E-state index is 0.0546. The highest BCUT2D eigenvalue weighted by molar-refractivity contribution is 7.92. The van der Waals surface area contributed by atoms with E-state index in [9.17, 15) is 18.5 Å². The number of sulfonamides is 1. The van der Waals surface area contributed by atoms with Crippen molar-refractivity contribution >= 4 is 21.7 Å². The van der Waals surface area contributed by atoms with Gasteiger partial charge in [0.05, 0.1) is 17.8 Å². The van der Waals surface area contributed by atoms with Crippen LogP contribution < -0.4 is 4.72 Å². The quantitative estimate of drug-likeness (QED) is 0.640. The highest BCUT2D eigenvalue weighted by Crippen LogP contribution is 2.24. The zero-order valence-corrected chi connectivity index (χ0v) is 11.4. The number of hydrogen-bond acceptors (Lipinski definition) is 7. The molecule has 0 atom stereocenters. The van der Waals surface area contributed by atoms with Crippen LogP contribution in [-0.2, 0) is 16.6 Å². The third-order valence-electron chi connectivity index (χ3n) is 2.36. The summed E-state index contributed by atoms with van der Waals surface area (Å²) in [7, 11) is -4.16. The van der Waals surface area contributed by atoms with Crippen LogP contribution in [0.25, 0.3) is 0 Å². The van der Waals surface area contributed by atoms with Crippen LogP contribution in [-0.4, -0.2) is 28.3 Å². The van der Waals surface area contributed by atoms with Gasteiger partial charge in [-0.3, -0.25) is 4.72 Å². The molecule has 0 aliphatic heterocycles. The van der Waals surface area contributed by atoms with E-state index in [1.54, 1.807) is 13.8 Å². The predicted molar refractivity (Wildman–Crippen MR) is 66.6 cm³/mol. The van der Waals surface area contributed by atoms with Crippen molar-refractivity contribution in [1.29, 1.82) is 0 Å². The third-order valence-corrected chi connectivity index (χ3v) is 3.71. The minimum Gasteiger partial charge on any atom is -0.360 e. The molecule has 0 aromatic carbocycles. The van der Waals surface area contributed by atoms with Gasteiger partial charge in [0.25, 0.3) is 10.0 Å². The van der Waals surface area contributed by atoms with Gasteiger partial charge < -0.3 is 14.6 Å². The number of hydrogen-bond donors (Lipinski definition) is 1. The van der Waals surface area contributed by atoms with Gasteiger partial charge in [-0.1, -0.05) is 5.16 Å². The first kappa shape index (κ1) is 14.0. The average Bonchev–Trinajstić information content (AvgIpc) is 2.95. The molecule has 10 nitrogen and oxygen atoms in total. The molecule has 0 aliphatic rings. The number of aromatic nitrogens is 3. The molecule has 0 fully saturated rings. The predicted octanol–water partition coefficient (Wildman–Crippen LogP) is 0.908. The second-order valence-corrected chi connectivity index (χ2v) is 5.51. The maximum atomic E-state index is 12.1. The van der Waals surface area contributed by atoms with Gasteiger partial charge in [0.15, 0.2) is 5.82 Å². The van der Waals surface area contributed by atoms with Crippen molar-refractivity contribution in [2.75, 3.05) is 4.72 Å². The van der Waals surface area contributed by atoms with E-state index in [2.05, 4.69) is 15.0 Å². The SMILES string of the molecule is CCn1cc(S(=O)(=O)Nc2cc(C)on2)c([N+](=O)[O-])n1. The number of rotatable bonds is 5. The molecule has 2 rings (SSSR count). The molecule has 0 aliphatic carbocycles. The van der Waals surface area contributed by atoms with Gasteiger partial charge in [0, 0.05) is 6.07 Å². The molecule has 0 bridgehead atoms. The molecule has 1 N–H and O–H groups in total. The monoisotopic (exact) mass is 301 g/mol. The summed E-state index contributed by atoms with van der Waals surface area (Å²) in [6.45, 7) is 3.57. The van der Waals surface area contributed by atoms with Crippen LogP contribution in [0.15, 0.2) is 21.7 Å². The molecule has 2 heterocycles. The van der Waals surface area contributed by atoms with Gasteiger partial charge in [-0.15, -0.1) is 0 Å². The molecule has 2 aromatic rings. The lowest BCUT2D eigenvalue weighted by atomic mass is 10.5. The summed E-state index contributed by atoms with van der Waals surface area (Å²) in [6.07, 6.45) is 1.09. The molecule has 0 unspecified atom stereocenters. The molecule has 0 radical (unpaired) electrons. The third kappa shape index (κ3) is 2.61. The first-order chi connectivity index (χ1) is 9.33. The summed E-state index contributed by atoms with van der Waals surface area (Å²) in [5.74, 6) is -0.387. The summed E-state index contributed by atoms with van der Waals surface area (Å²) in [4.78, 5) is 9.48. The van der Waals surface area contributed by atoms with Crippen LogP contribution in [0.2, 0.25) is 0 Å². The Labute approximate surface area is 113 Å². The average molecular weight is 301 g/mol. The van der Waals surface area contributed by atoms with Crippen molar-refractivity contribution in [3.05, 3.63) is 28.1 Å². The van der Waals surface area contributed by atoms with Crippen molar-refractivity contribution in [2.45, 2.75) is 25.3 Å². The Hall–Kier alpha value is -2.43. The fraction of sp³-hybridized carbons (Fsp3) is 0.333. The largest absolute Gasteiger partial charge is 0.410 e. The van der Waals surface area contributed by atoms with Gasteiger partial charge in [-0.25, -0.2) is 8.42 Å². The Morgan fingerprint density at radius 1 is 1.55 bits per heavy atom. The van der Waals surface area contributed by atoms with Gasteiger partial charge in [-0.2, -0.15) is 4.68 Å². The Bertz CT molecular complexity index is 747. The fourth-order valence-corrected chi connectivity index (χ4v) is 2.58. The zero-order chi connectivity index (χ0) is 14.9. The van der Waals surface area contributed by atoms with Gasteiger partial charge >= 0.3 is 5.82 Å². The van der Waals surface area contributed by atoms with Crippen molar-refractivity contribution < 1.29 is 17.9 Å². The van der Waals surface area contributed by atoms with Crippen LogP contribution in [0.5, 0.6) is 0 Å². The second-order valence-electron chi connectivity index (χ2n) is 3.86. The van der Waals surface area contributed by atoms with Crippen LogP contribution in [0.3, 0.4) is 0 Å². The molecule has 0 saturated heterocycles. The summed E-state index contributed by atoms with van der Waals surface area (Å²) in [5.41, 5.74) is 0. The van der Waals surface area contributed by atoms with E-state index in [0.717, 1.165) is 6.20 Å². The molecule has 20 heavy (non-hydrogen) atoms. The van der Waals surface area contributed by atoms with Crippen molar-refractivity contribution in [3.8, 4) is 0 Å². The Balaban J connectivity index is 2.43. The summed E-state index contributed by atoms with van der Waals surface area (Å²) >= 11 is 0. The lowest BCUT2D eigenvalue weighted by Crippen LogP contribution is -2.14. The van der Waals surface area contributed by atoms with Gasteiger partial charge in [0.1, 0.15) is 5.76 Å². The Kier molecular flexibility index (Phi) is 3.44. The maximum Gasteiger partial charge on any atom is 0.410 e. The number of nitrogens with one attached hydrogen (secondary N) is 1. The number of nitrogens with zero attached hydrogens (tertiary/aromatic N) is 4. The summed E-state index contributed by atoms with van der Waals surface area (Å²) in [6, 6.07) is 1.35. The highest BCUT2D eigenvalue weighted by Gasteiger charge is 2.31. The van der Waals surface area contributed by atoms with Gasteiger partial charge in [0.2, 0.25) is 4.90 Å². The molecule has 2 aromatic heterocycles. The summed E-state index contributed by atoms with van der Waals surface area (Å²) < 4.78 is 32.2. The molecule has 108 valence electrons. The van der Waals surface area contributed by atoms with Gasteiger partial charge in [-0.05, 0) is 18.8 Å². The smallest absolute Gasteiger partial charge is 0.360 e. The van der Waals surface area contributed by atoms with Crippen LogP contribution in [0, 0.1) is 17.0 Å². The first-order valence-corrected chi connectivity index (χ1v) is 6.99. The van der Waals surface area contributed by atoms with E-state index in [1.807, 2.05) is 0 Å². The van der Waals surface area contributed by atoms with E-state index in [-0.39, 0.29) is 5.82 Å². The molecule has 0 saturated carbocycles. The first-order valence-electron chi connectivity index (χ1n) is 5.51. The van der Waals surface area contributed by atoms with Crippen molar-refractivity contribution in [3.63, 3.8) is 0 Å². The van der Waals surface area contributed by atoms with Crippen LogP contribution in [0.4, 0.5) is 11.6 Å². The normalized spacial score (nSPS) is 11.5. The lowest BCUT2D eigenvalue weighted by molar-refractivity contribution is -0.392. The molecular weight excluding hydrogens is 290 g/mol. The minimum atomic E-state index is -4.16. The highest BCUT2D eigenvalue weighted by atomic mass is 32.2. The standard InChI is InChI=1S/C9H11N5O5S/c1-3-13-5-7(9(10-13)14(15)16)20(17,18)12-8-4-6(2)19-11-8/h4-5H,3H2,1-2H3,(H,11,12). The van der Waals surface area contributed by atoms with E-state index in [1.165, 1.54) is 10.7 Å². The Morgan fingerprint density at radius 2 is 2.25 bits per heavy atom. The fourth-order valence-electron chi connectivity index (χ4n) is 1.48. The molecule has 11 heteroatoms. The molecular formula is C9H11N5O5S. The van der Waals surface area contributed by atoms with Crippen LogP contribution in [0.1, 0.15) is 12.7 Å². The second kappa shape index (κ2) is 4.92. The van der Waals surface area contributed by atoms with Crippen molar-refractivity contribution in [2.24, 2.45) is 0 Å². The van der Waals surface area contributed by atoms with E-state index >= 15 is 0 Å². The topological polar surface area (TPSA) is 133 Å². The number of nitro groups is 1. The Morgan fingerprint density at radius 3 is 2.75 bits per heavy atom. The number of aryl methyl sites for hydroxylation is 2. The summed E-state index contributed by atoms with van der Waals surface area (Å²) in [5, 5.41) is 17.9. The maximum absolute atomic E-state index is 12.1. The van der Waals surface area contributed by atoms with E-state index in [0.29, 0.717) is 12.3 Å². The zero-order valence-electron chi connectivity index (χ0n) is 10.6. The lowest BCUT2D eigenvalue weighted by Gasteiger charge is -2.01. The number of anilines is 1. The van der Waals surface area contributed by atoms with Crippen molar-refractivity contribution in [1.82, 2.24) is 14.9 Å². The molecule has 0 amide bonds. The van der Waals surface area contributed by atoms with Crippen LogP contribution >= 0.6 is 0 Å².